The fourth-order valence-electron chi connectivity index (χ4n) is 1.23. The second-order valence-electron chi connectivity index (χ2n) is 3.74. The highest BCUT2D eigenvalue weighted by Crippen LogP contribution is 2.04. The van der Waals surface area contributed by atoms with Gasteiger partial charge in [0.2, 0.25) is 5.91 Å². The summed E-state index contributed by atoms with van der Waals surface area (Å²) in [7, 11) is 1.93. The van der Waals surface area contributed by atoms with E-state index in [9.17, 15) is 4.79 Å². The van der Waals surface area contributed by atoms with Crippen LogP contribution in [0.1, 0.15) is 26.7 Å². The minimum Gasteiger partial charge on any atom is -0.392 e. The number of rotatable bonds is 6. The Morgan fingerprint density at radius 3 is 2.57 bits per heavy atom. The predicted octanol–water partition coefficient (Wildman–Crippen LogP) is -0.542. The van der Waals surface area contributed by atoms with Crippen LogP contribution < -0.4 is 11.3 Å². The summed E-state index contributed by atoms with van der Waals surface area (Å²) in [4.78, 5) is 12.9. The fraction of sp³-hybridized carbons (Fsp3) is 0.889. The zero-order chi connectivity index (χ0) is 11.1. The third kappa shape index (κ3) is 5.90. The van der Waals surface area contributed by atoms with Crippen molar-refractivity contribution in [1.29, 1.82) is 0 Å². The molecule has 0 aromatic heterocycles. The van der Waals surface area contributed by atoms with E-state index >= 15 is 0 Å². The Hall–Kier alpha value is -0.650. The first-order chi connectivity index (χ1) is 6.47. The van der Waals surface area contributed by atoms with E-state index in [4.69, 9.17) is 10.9 Å². The topological polar surface area (TPSA) is 78.6 Å². The molecule has 84 valence electrons. The average Bonchev–Trinajstić information content (AvgIpc) is 2.12. The molecule has 2 unspecified atom stereocenters. The van der Waals surface area contributed by atoms with Gasteiger partial charge >= 0.3 is 0 Å². The number of nitrogens with two attached hydrogens (primary N) is 1. The maximum atomic E-state index is 10.9. The normalized spacial score (nSPS) is 15.3. The van der Waals surface area contributed by atoms with Gasteiger partial charge in [0.25, 0.3) is 0 Å². The molecule has 0 bridgehead atoms. The Morgan fingerprint density at radius 1 is 1.57 bits per heavy atom. The lowest BCUT2D eigenvalue weighted by Gasteiger charge is -2.25. The van der Waals surface area contributed by atoms with Crippen molar-refractivity contribution in [2.75, 3.05) is 13.6 Å². The molecule has 5 nitrogen and oxygen atoms in total. The van der Waals surface area contributed by atoms with Gasteiger partial charge in [-0.05, 0) is 27.3 Å². The van der Waals surface area contributed by atoms with Gasteiger partial charge in [-0.1, -0.05) is 0 Å². The first-order valence-corrected chi connectivity index (χ1v) is 4.85. The number of aliphatic hydroxyl groups excluding tert-OH is 1. The van der Waals surface area contributed by atoms with E-state index in [2.05, 4.69) is 5.43 Å². The summed E-state index contributed by atoms with van der Waals surface area (Å²) in [6, 6.07) is 0.266. The molecule has 0 aromatic carbocycles. The summed E-state index contributed by atoms with van der Waals surface area (Å²) in [5.74, 6) is 4.81. The number of aliphatic hydroxyl groups is 1. The quantitative estimate of drug-likeness (QED) is 0.308. The third-order valence-electron chi connectivity index (χ3n) is 2.25. The molecular weight excluding hydrogens is 182 g/mol. The molecule has 4 N–H and O–H groups in total. The van der Waals surface area contributed by atoms with Gasteiger partial charge in [0, 0.05) is 19.0 Å². The smallest absolute Gasteiger partial charge is 0.233 e. The number of carbonyl (C=O) groups excluding carboxylic acids is 1. The lowest BCUT2D eigenvalue weighted by atomic mass is 10.1. The van der Waals surface area contributed by atoms with Crippen molar-refractivity contribution in [3.05, 3.63) is 0 Å². The van der Waals surface area contributed by atoms with Crippen molar-refractivity contribution in [3.8, 4) is 0 Å². The van der Waals surface area contributed by atoms with Crippen LogP contribution in [-0.4, -0.2) is 41.7 Å². The van der Waals surface area contributed by atoms with Crippen molar-refractivity contribution < 1.29 is 9.90 Å². The first-order valence-electron chi connectivity index (χ1n) is 4.85. The number of carbonyl (C=O) groups is 1. The molecule has 0 aliphatic heterocycles. The SMILES string of the molecule is CC(O)CN(C)C(C)CCC(=O)NN. The summed E-state index contributed by atoms with van der Waals surface area (Å²) < 4.78 is 0. The van der Waals surface area contributed by atoms with Crippen LogP contribution in [0.15, 0.2) is 0 Å². The molecule has 2 atom stereocenters. The number of hydrogen-bond acceptors (Lipinski definition) is 4. The summed E-state index contributed by atoms with van der Waals surface area (Å²) in [5, 5.41) is 9.15. The minimum atomic E-state index is -0.342. The van der Waals surface area contributed by atoms with Crippen LogP contribution in [0.5, 0.6) is 0 Å². The van der Waals surface area contributed by atoms with Gasteiger partial charge in [0.1, 0.15) is 0 Å². The Balaban J connectivity index is 3.72. The van der Waals surface area contributed by atoms with E-state index in [1.165, 1.54) is 0 Å². The fourth-order valence-corrected chi connectivity index (χ4v) is 1.23. The molecular formula is C9H21N3O2. The van der Waals surface area contributed by atoms with E-state index in [0.29, 0.717) is 13.0 Å². The summed E-state index contributed by atoms with van der Waals surface area (Å²) in [6.07, 6.45) is 0.819. The second-order valence-corrected chi connectivity index (χ2v) is 3.74. The largest absolute Gasteiger partial charge is 0.392 e. The zero-order valence-electron chi connectivity index (χ0n) is 9.16. The summed E-state index contributed by atoms with van der Waals surface area (Å²) in [6.45, 7) is 4.38. The predicted molar refractivity (Wildman–Crippen MR) is 55.3 cm³/mol. The monoisotopic (exact) mass is 203 g/mol. The highest BCUT2D eigenvalue weighted by molar-refractivity contribution is 5.75. The van der Waals surface area contributed by atoms with Crippen LogP contribution in [0.2, 0.25) is 0 Å². The Morgan fingerprint density at radius 2 is 2.14 bits per heavy atom. The molecule has 0 saturated carbocycles. The Kier molecular flexibility index (Phi) is 6.44. The lowest BCUT2D eigenvalue weighted by molar-refractivity contribution is -0.121. The number of nitrogens with zero attached hydrogens (tertiary/aromatic N) is 1. The highest BCUT2D eigenvalue weighted by atomic mass is 16.3. The van der Waals surface area contributed by atoms with Crippen LogP contribution in [-0.2, 0) is 4.79 Å². The van der Waals surface area contributed by atoms with E-state index in [-0.39, 0.29) is 18.1 Å². The molecule has 0 aliphatic carbocycles. The molecule has 0 heterocycles. The van der Waals surface area contributed by atoms with Gasteiger partial charge in [0.05, 0.1) is 6.10 Å². The van der Waals surface area contributed by atoms with Gasteiger partial charge in [-0.3, -0.25) is 10.2 Å². The van der Waals surface area contributed by atoms with Crippen molar-refractivity contribution in [1.82, 2.24) is 10.3 Å². The van der Waals surface area contributed by atoms with E-state index in [0.717, 1.165) is 6.42 Å². The van der Waals surface area contributed by atoms with Crippen molar-refractivity contribution in [2.45, 2.75) is 38.8 Å². The summed E-state index contributed by atoms with van der Waals surface area (Å²) in [5.41, 5.74) is 2.09. The molecule has 0 aliphatic rings. The zero-order valence-corrected chi connectivity index (χ0v) is 9.16. The van der Waals surface area contributed by atoms with Gasteiger partial charge in [-0.25, -0.2) is 5.84 Å². The highest BCUT2D eigenvalue weighted by Gasteiger charge is 2.12. The number of hydrazine groups is 1. The number of amides is 1. The van der Waals surface area contributed by atoms with E-state index < -0.39 is 0 Å². The van der Waals surface area contributed by atoms with E-state index in [1.54, 1.807) is 6.92 Å². The molecule has 0 saturated heterocycles. The molecule has 14 heavy (non-hydrogen) atoms. The van der Waals surface area contributed by atoms with Crippen LogP contribution >= 0.6 is 0 Å². The lowest BCUT2D eigenvalue weighted by Crippen LogP contribution is -2.36. The molecule has 0 aromatic rings. The van der Waals surface area contributed by atoms with Crippen molar-refractivity contribution in [3.63, 3.8) is 0 Å². The summed E-state index contributed by atoms with van der Waals surface area (Å²) >= 11 is 0. The van der Waals surface area contributed by atoms with Crippen LogP contribution in [0, 0.1) is 0 Å². The maximum Gasteiger partial charge on any atom is 0.233 e. The molecule has 0 radical (unpaired) electrons. The van der Waals surface area contributed by atoms with Gasteiger partial charge in [-0.15, -0.1) is 0 Å². The number of hydrogen-bond donors (Lipinski definition) is 3. The first kappa shape index (κ1) is 13.4. The van der Waals surface area contributed by atoms with Crippen LogP contribution in [0.3, 0.4) is 0 Å². The molecule has 0 fully saturated rings. The third-order valence-corrected chi connectivity index (χ3v) is 2.25. The van der Waals surface area contributed by atoms with Crippen molar-refractivity contribution >= 4 is 5.91 Å². The number of likely N-dealkylation sites (N-methyl/N-ethyl adjacent to an activating group) is 1. The number of nitrogens with one attached hydrogen (secondary N) is 1. The van der Waals surface area contributed by atoms with Crippen LogP contribution in [0.25, 0.3) is 0 Å². The second kappa shape index (κ2) is 6.75. The standard InChI is InChI=1S/C9H21N3O2/c1-7(4-5-9(14)11-10)12(3)6-8(2)13/h7-8,13H,4-6,10H2,1-3H3,(H,11,14). The van der Waals surface area contributed by atoms with Crippen LogP contribution in [0.4, 0.5) is 0 Å². The van der Waals surface area contributed by atoms with Gasteiger partial charge < -0.3 is 10.0 Å². The van der Waals surface area contributed by atoms with Gasteiger partial charge in [0.15, 0.2) is 0 Å². The van der Waals surface area contributed by atoms with Crippen molar-refractivity contribution in [2.24, 2.45) is 5.84 Å². The molecule has 0 spiro atoms. The Bertz CT molecular complexity index is 173. The minimum absolute atomic E-state index is 0.151. The Labute approximate surface area is 85.2 Å². The molecule has 1 amide bonds. The molecule has 0 rings (SSSR count). The van der Waals surface area contributed by atoms with E-state index in [1.807, 2.05) is 18.9 Å². The molecule has 5 heteroatoms. The maximum absolute atomic E-state index is 10.9. The average molecular weight is 203 g/mol. The van der Waals surface area contributed by atoms with Gasteiger partial charge in [-0.2, -0.15) is 0 Å².